The Hall–Kier alpha value is -4.20. The topological polar surface area (TPSA) is 61.2 Å². The molecule has 0 fully saturated rings. The van der Waals surface area contributed by atoms with Crippen molar-refractivity contribution in [1.82, 2.24) is 0 Å². The van der Waals surface area contributed by atoms with Gasteiger partial charge in [-0.15, -0.1) is 0 Å². The maximum absolute atomic E-state index is 14.6. The standard InChI is InChI=1S/C29H23F7N2O2/c1-18-14-22(27(30,28(31,32)33)29(34,35)36)15-19(2)24(18)17-25(39)21-10-6-11-23(16-21)38(13-7-12-37)26(40)20-8-4-3-5-9-20/h3-6,8-11,14-16H,7,13,17H2,1-2H3. The van der Waals surface area contributed by atoms with Crippen molar-refractivity contribution in [2.45, 2.75) is 44.7 Å². The van der Waals surface area contributed by atoms with Crippen molar-refractivity contribution in [2.75, 3.05) is 11.4 Å². The van der Waals surface area contributed by atoms with Crippen LogP contribution in [0.25, 0.3) is 0 Å². The van der Waals surface area contributed by atoms with E-state index in [0.29, 0.717) is 23.4 Å². The van der Waals surface area contributed by atoms with Gasteiger partial charge >= 0.3 is 18.0 Å². The van der Waals surface area contributed by atoms with Crippen LogP contribution in [-0.2, 0) is 12.1 Å². The van der Waals surface area contributed by atoms with Gasteiger partial charge in [-0.1, -0.05) is 42.5 Å². The van der Waals surface area contributed by atoms with Gasteiger partial charge in [0, 0.05) is 35.3 Å². The zero-order valence-electron chi connectivity index (χ0n) is 21.3. The van der Waals surface area contributed by atoms with Gasteiger partial charge in [0.15, 0.2) is 5.78 Å². The lowest BCUT2D eigenvalue weighted by Gasteiger charge is -2.31. The second-order valence-corrected chi connectivity index (χ2v) is 9.12. The summed E-state index contributed by atoms with van der Waals surface area (Å²) in [6.45, 7) is 2.43. The maximum atomic E-state index is 14.6. The molecule has 1 amide bonds. The predicted molar refractivity (Wildman–Crippen MR) is 134 cm³/mol. The van der Waals surface area contributed by atoms with E-state index in [-0.39, 0.29) is 35.2 Å². The summed E-state index contributed by atoms with van der Waals surface area (Å²) in [5.74, 6) is -0.946. The first-order chi connectivity index (χ1) is 18.6. The van der Waals surface area contributed by atoms with Gasteiger partial charge in [-0.25, -0.2) is 4.39 Å². The molecule has 0 N–H and O–H groups in total. The summed E-state index contributed by atoms with van der Waals surface area (Å²) in [6, 6.07) is 17.1. The third-order valence-corrected chi connectivity index (χ3v) is 6.41. The summed E-state index contributed by atoms with van der Waals surface area (Å²) in [5, 5.41) is 9.04. The molecule has 3 aromatic carbocycles. The lowest BCUT2D eigenvalue weighted by molar-refractivity contribution is -0.348. The Morgan fingerprint density at radius 1 is 0.800 bits per heavy atom. The van der Waals surface area contributed by atoms with E-state index in [1.54, 1.807) is 36.4 Å². The van der Waals surface area contributed by atoms with E-state index in [1.807, 2.05) is 6.07 Å². The highest BCUT2D eigenvalue weighted by Gasteiger charge is 2.73. The van der Waals surface area contributed by atoms with E-state index in [2.05, 4.69) is 0 Å². The average Bonchev–Trinajstić information content (AvgIpc) is 2.89. The predicted octanol–water partition coefficient (Wildman–Crippen LogP) is 7.58. The molecule has 0 aromatic heterocycles. The minimum absolute atomic E-state index is 0.00734. The third-order valence-electron chi connectivity index (χ3n) is 6.41. The molecule has 0 saturated heterocycles. The molecular formula is C29H23F7N2O2. The average molecular weight is 565 g/mol. The quantitative estimate of drug-likeness (QED) is 0.209. The first-order valence-electron chi connectivity index (χ1n) is 11.9. The smallest absolute Gasteiger partial charge is 0.307 e. The normalized spacial score (nSPS) is 12.1. The second-order valence-electron chi connectivity index (χ2n) is 9.12. The Kier molecular flexibility index (Phi) is 8.72. The molecule has 0 heterocycles. The Morgan fingerprint density at radius 2 is 1.35 bits per heavy atom. The number of ketones is 1. The summed E-state index contributed by atoms with van der Waals surface area (Å²) in [7, 11) is 0. The van der Waals surface area contributed by atoms with Crippen molar-refractivity contribution in [3.8, 4) is 6.07 Å². The number of Topliss-reactive ketones (excluding diaryl/α,β-unsaturated/α-hetero) is 1. The maximum Gasteiger partial charge on any atom is 0.435 e. The number of nitriles is 1. The van der Waals surface area contributed by atoms with Crippen LogP contribution >= 0.6 is 0 Å². The number of rotatable bonds is 8. The Labute approximate surface area is 225 Å². The van der Waals surface area contributed by atoms with Gasteiger partial charge in [-0.05, 0) is 54.8 Å². The van der Waals surface area contributed by atoms with E-state index >= 15 is 0 Å². The zero-order valence-corrected chi connectivity index (χ0v) is 21.3. The van der Waals surface area contributed by atoms with Crippen LogP contribution in [0.3, 0.4) is 0 Å². The highest BCUT2D eigenvalue weighted by atomic mass is 19.4. The van der Waals surface area contributed by atoms with Crippen molar-refractivity contribution in [3.05, 3.63) is 100 Å². The van der Waals surface area contributed by atoms with Crippen molar-refractivity contribution >= 4 is 17.4 Å². The van der Waals surface area contributed by atoms with Crippen molar-refractivity contribution < 1.29 is 40.3 Å². The van der Waals surface area contributed by atoms with E-state index in [0.717, 1.165) is 0 Å². The molecule has 40 heavy (non-hydrogen) atoms. The molecule has 0 aliphatic rings. The first-order valence-corrected chi connectivity index (χ1v) is 11.9. The number of nitrogens with zero attached hydrogens (tertiary/aromatic N) is 2. The van der Waals surface area contributed by atoms with Crippen LogP contribution in [-0.4, -0.2) is 30.6 Å². The van der Waals surface area contributed by atoms with Crippen LogP contribution in [0.5, 0.6) is 0 Å². The molecule has 0 aliphatic carbocycles. The third kappa shape index (κ3) is 6.01. The molecule has 210 valence electrons. The van der Waals surface area contributed by atoms with Crippen LogP contribution < -0.4 is 4.90 Å². The van der Waals surface area contributed by atoms with Crippen molar-refractivity contribution in [3.63, 3.8) is 0 Å². The van der Waals surface area contributed by atoms with E-state index in [4.69, 9.17) is 5.26 Å². The van der Waals surface area contributed by atoms with Gasteiger partial charge in [0.25, 0.3) is 5.91 Å². The van der Waals surface area contributed by atoms with Crippen LogP contribution in [0.4, 0.5) is 36.4 Å². The summed E-state index contributed by atoms with van der Waals surface area (Å²) >= 11 is 0. The Balaban J connectivity index is 1.95. The number of carbonyl (C=O) groups is 2. The molecule has 11 heteroatoms. The van der Waals surface area contributed by atoms with Gasteiger partial charge in [0.1, 0.15) is 0 Å². The lowest BCUT2D eigenvalue weighted by atomic mass is 9.87. The number of carbonyl (C=O) groups excluding carboxylic acids is 2. The first kappa shape index (κ1) is 30.3. The molecule has 0 spiro atoms. The highest BCUT2D eigenvalue weighted by molar-refractivity contribution is 6.07. The molecule has 0 saturated carbocycles. The second kappa shape index (κ2) is 11.5. The number of aryl methyl sites for hydroxylation is 2. The minimum Gasteiger partial charge on any atom is -0.307 e. The Morgan fingerprint density at radius 3 is 1.88 bits per heavy atom. The van der Waals surface area contributed by atoms with Gasteiger partial charge in [-0.3, -0.25) is 9.59 Å². The number of anilines is 1. The molecule has 0 atom stereocenters. The molecule has 0 aliphatic heterocycles. The number of amides is 1. The summed E-state index contributed by atoms with van der Waals surface area (Å²) in [6.07, 6.45) is -12.9. The minimum atomic E-state index is -6.25. The zero-order chi connectivity index (χ0) is 29.9. The van der Waals surface area contributed by atoms with Crippen molar-refractivity contribution in [1.29, 1.82) is 5.26 Å². The fourth-order valence-electron chi connectivity index (χ4n) is 4.32. The summed E-state index contributed by atoms with van der Waals surface area (Å²) in [5.41, 5.74) is -6.50. The van der Waals surface area contributed by atoms with E-state index < -0.39 is 41.7 Å². The van der Waals surface area contributed by atoms with Gasteiger partial charge in [0.2, 0.25) is 0 Å². The van der Waals surface area contributed by atoms with Gasteiger partial charge in [-0.2, -0.15) is 31.6 Å². The monoisotopic (exact) mass is 564 g/mol. The number of alkyl halides is 7. The van der Waals surface area contributed by atoms with Crippen LogP contribution in [0, 0.1) is 25.2 Å². The molecule has 3 rings (SSSR count). The van der Waals surface area contributed by atoms with Gasteiger partial charge in [0.05, 0.1) is 12.5 Å². The van der Waals surface area contributed by atoms with Crippen LogP contribution in [0.1, 0.15) is 49.4 Å². The Bertz CT molecular complexity index is 1400. The number of hydrogen-bond acceptors (Lipinski definition) is 3. The number of halogens is 7. The van der Waals surface area contributed by atoms with Crippen molar-refractivity contribution in [2.24, 2.45) is 0 Å². The fourth-order valence-corrected chi connectivity index (χ4v) is 4.32. The molecule has 4 nitrogen and oxygen atoms in total. The van der Waals surface area contributed by atoms with Gasteiger partial charge < -0.3 is 4.90 Å². The molecule has 0 bridgehead atoms. The fraction of sp³-hybridized carbons (Fsp3) is 0.276. The molecule has 3 aromatic rings. The number of hydrogen-bond donors (Lipinski definition) is 0. The van der Waals surface area contributed by atoms with E-state index in [9.17, 15) is 40.3 Å². The number of benzene rings is 3. The SMILES string of the molecule is Cc1cc(C(F)(C(F)(F)F)C(F)(F)F)cc(C)c1CC(=O)c1cccc(N(CCC#N)C(=O)c2ccccc2)c1. The molecule has 0 unspecified atom stereocenters. The summed E-state index contributed by atoms with van der Waals surface area (Å²) < 4.78 is 94.0. The van der Waals surface area contributed by atoms with Crippen LogP contribution in [0.2, 0.25) is 0 Å². The highest BCUT2D eigenvalue weighted by Crippen LogP contribution is 2.53. The van der Waals surface area contributed by atoms with Crippen LogP contribution in [0.15, 0.2) is 66.7 Å². The lowest BCUT2D eigenvalue weighted by Crippen LogP contribution is -2.50. The summed E-state index contributed by atoms with van der Waals surface area (Å²) in [4.78, 5) is 27.6. The van der Waals surface area contributed by atoms with E-state index in [1.165, 1.54) is 36.9 Å². The molecular weight excluding hydrogens is 541 g/mol. The molecule has 0 radical (unpaired) electrons. The largest absolute Gasteiger partial charge is 0.435 e.